The first-order valence-electron chi connectivity index (χ1n) is 14.1. The van der Waals surface area contributed by atoms with Crippen molar-refractivity contribution in [2.24, 2.45) is 0 Å². The largest absolute Gasteiger partial charge is 0.491 e. The van der Waals surface area contributed by atoms with Crippen molar-refractivity contribution in [2.45, 2.75) is 38.3 Å². The van der Waals surface area contributed by atoms with Gasteiger partial charge in [0.15, 0.2) is 0 Å². The second kappa shape index (κ2) is 13.6. The number of carbonyl (C=O) groups excluding carboxylic acids is 2. The van der Waals surface area contributed by atoms with Gasteiger partial charge in [-0.05, 0) is 91.1 Å². The van der Waals surface area contributed by atoms with Crippen molar-refractivity contribution >= 4 is 40.9 Å². The average molecular weight is 616 g/mol. The minimum Gasteiger partial charge on any atom is -0.491 e. The molecule has 4 aromatic rings. The van der Waals surface area contributed by atoms with Gasteiger partial charge in [-0.25, -0.2) is 14.0 Å². The first-order chi connectivity index (χ1) is 21.2. The Morgan fingerprint density at radius 3 is 2.32 bits per heavy atom. The number of nitrogens with zero attached hydrogens (tertiary/aromatic N) is 1. The Morgan fingerprint density at radius 2 is 1.64 bits per heavy atom. The van der Waals surface area contributed by atoms with E-state index in [0.29, 0.717) is 35.5 Å². The average Bonchev–Trinajstić information content (AvgIpc) is 3.43. The van der Waals surface area contributed by atoms with Gasteiger partial charge in [0.25, 0.3) is 0 Å². The van der Waals surface area contributed by atoms with Gasteiger partial charge in [-0.3, -0.25) is 4.79 Å². The summed E-state index contributed by atoms with van der Waals surface area (Å²) in [4.78, 5) is 39.3. The van der Waals surface area contributed by atoms with Crippen molar-refractivity contribution < 1.29 is 28.6 Å². The Balaban J connectivity index is 1.29. The number of carboxylic acids is 1. The van der Waals surface area contributed by atoms with Crippen LogP contribution in [0.25, 0.3) is 0 Å². The number of ether oxygens (including phenoxy) is 1. The topological polar surface area (TPSA) is 108 Å². The van der Waals surface area contributed by atoms with Crippen LogP contribution in [0.1, 0.15) is 45.9 Å². The molecule has 226 valence electrons. The van der Waals surface area contributed by atoms with E-state index in [4.69, 9.17) is 21.4 Å². The van der Waals surface area contributed by atoms with Gasteiger partial charge in [0.2, 0.25) is 5.91 Å². The molecule has 1 fully saturated rings. The molecule has 44 heavy (non-hydrogen) atoms. The molecule has 2 atom stereocenters. The zero-order chi connectivity index (χ0) is 31.2. The van der Waals surface area contributed by atoms with Gasteiger partial charge in [0.1, 0.15) is 18.2 Å². The van der Waals surface area contributed by atoms with E-state index in [1.165, 1.54) is 24.3 Å². The van der Waals surface area contributed by atoms with Crippen molar-refractivity contribution in [3.8, 4) is 5.75 Å². The molecule has 0 aromatic heterocycles. The predicted octanol–water partition coefficient (Wildman–Crippen LogP) is 7.48. The standard InChI is InChI=1S/C34H31ClFN3O5/c1-21-4-2-3-5-29(21)37-34(43)38-30-16-6-22(18-28(30)35)19-32(40)39-26(13-17-31(39)23-7-11-25(36)12-8-23)20-44-27-14-9-24(10-15-27)33(41)42/h2-12,14-16,18,26,31H,13,17,19-20H2,1H3,(H,41,42)(H2,37,38,43)/t26-,31+/m0/s1. The number of nitrogens with one attached hydrogen (secondary N) is 2. The molecule has 4 aromatic carbocycles. The third-order valence-electron chi connectivity index (χ3n) is 7.62. The van der Waals surface area contributed by atoms with Crippen LogP contribution >= 0.6 is 11.6 Å². The molecular formula is C34H31ClFN3O5. The minimum atomic E-state index is -1.03. The number of carbonyl (C=O) groups is 3. The Bertz CT molecular complexity index is 1660. The fourth-order valence-electron chi connectivity index (χ4n) is 5.35. The minimum absolute atomic E-state index is 0.0525. The van der Waals surface area contributed by atoms with Gasteiger partial charge in [0, 0.05) is 5.69 Å². The van der Waals surface area contributed by atoms with Gasteiger partial charge in [0.05, 0.1) is 34.8 Å². The second-order valence-electron chi connectivity index (χ2n) is 10.6. The fraction of sp³-hybridized carbons (Fsp3) is 0.206. The third-order valence-corrected chi connectivity index (χ3v) is 7.93. The lowest BCUT2D eigenvalue weighted by molar-refractivity contribution is -0.134. The molecule has 3 amide bonds. The molecule has 3 N–H and O–H groups in total. The summed E-state index contributed by atoms with van der Waals surface area (Å²) in [7, 11) is 0. The second-order valence-corrected chi connectivity index (χ2v) is 11.0. The molecular weight excluding hydrogens is 585 g/mol. The highest BCUT2D eigenvalue weighted by atomic mass is 35.5. The first kappa shape index (κ1) is 30.6. The van der Waals surface area contributed by atoms with Crippen molar-refractivity contribution in [1.29, 1.82) is 0 Å². The van der Waals surface area contributed by atoms with Gasteiger partial charge in [-0.15, -0.1) is 0 Å². The fourth-order valence-corrected chi connectivity index (χ4v) is 5.60. The smallest absolute Gasteiger partial charge is 0.335 e. The van der Waals surface area contributed by atoms with Gasteiger partial charge in [-0.1, -0.05) is 48.0 Å². The molecule has 0 unspecified atom stereocenters. The van der Waals surface area contributed by atoms with Gasteiger partial charge in [-0.2, -0.15) is 0 Å². The van der Waals surface area contributed by atoms with Crippen LogP contribution in [0.3, 0.4) is 0 Å². The maximum absolute atomic E-state index is 13.8. The maximum atomic E-state index is 13.8. The van der Waals surface area contributed by atoms with E-state index < -0.39 is 12.0 Å². The predicted molar refractivity (Wildman–Crippen MR) is 167 cm³/mol. The molecule has 0 bridgehead atoms. The molecule has 0 radical (unpaired) electrons. The molecule has 0 saturated carbocycles. The van der Waals surface area contributed by atoms with E-state index in [1.807, 2.05) is 25.1 Å². The van der Waals surface area contributed by atoms with Crippen molar-refractivity contribution in [2.75, 3.05) is 17.2 Å². The number of aryl methyl sites for hydroxylation is 1. The number of amides is 3. The lowest BCUT2D eigenvalue weighted by atomic mass is 10.0. The van der Waals surface area contributed by atoms with E-state index in [2.05, 4.69) is 10.6 Å². The van der Waals surface area contributed by atoms with Crippen LogP contribution in [-0.2, 0) is 11.2 Å². The number of anilines is 2. The molecule has 1 aliphatic rings. The highest BCUT2D eigenvalue weighted by Crippen LogP contribution is 2.37. The lowest BCUT2D eigenvalue weighted by Gasteiger charge is -2.31. The summed E-state index contributed by atoms with van der Waals surface area (Å²) in [5.74, 6) is -1.04. The number of para-hydroxylation sites is 1. The Hall–Kier alpha value is -4.89. The van der Waals surface area contributed by atoms with Gasteiger partial charge < -0.3 is 25.4 Å². The van der Waals surface area contributed by atoms with Crippen LogP contribution in [0.4, 0.5) is 20.6 Å². The SMILES string of the molecule is Cc1ccccc1NC(=O)Nc1ccc(CC(=O)N2[C@H](COc3ccc(C(=O)O)cc3)CC[C@@H]2c2ccc(F)cc2)cc1Cl. The molecule has 0 aliphatic carbocycles. The van der Waals surface area contributed by atoms with E-state index >= 15 is 0 Å². The summed E-state index contributed by atoms with van der Waals surface area (Å²) in [6.07, 6.45) is 1.39. The number of carboxylic acid groups (broad SMARTS) is 1. The number of rotatable bonds is 9. The van der Waals surface area contributed by atoms with Crippen molar-refractivity contribution in [3.63, 3.8) is 0 Å². The Kier molecular flexibility index (Phi) is 9.45. The highest BCUT2D eigenvalue weighted by molar-refractivity contribution is 6.33. The summed E-state index contributed by atoms with van der Waals surface area (Å²) in [6, 6.07) is 23.7. The van der Waals surface area contributed by atoms with Crippen LogP contribution < -0.4 is 15.4 Å². The highest BCUT2D eigenvalue weighted by Gasteiger charge is 2.38. The number of hydrogen-bond acceptors (Lipinski definition) is 4. The number of benzene rings is 4. The monoisotopic (exact) mass is 615 g/mol. The maximum Gasteiger partial charge on any atom is 0.335 e. The summed E-state index contributed by atoms with van der Waals surface area (Å²) in [5.41, 5.74) is 3.64. The first-order valence-corrected chi connectivity index (χ1v) is 14.5. The van der Waals surface area contributed by atoms with E-state index in [1.54, 1.807) is 53.4 Å². The van der Waals surface area contributed by atoms with Crippen LogP contribution in [0.5, 0.6) is 5.75 Å². The summed E-state index contributed by atoms with van der Waals surface area (Å²) in [5, 5.41) is 15.0. The van der Waals surface area contributed by atoms with Crippen LogP contribution in [0.2, 0.25) is 5.02 Å². The Morgan fingerprint density at radius 1 is 0.932 bits per heavy atom. The third kappa shape index (κ3) is 7.36. The number of aromatic carboxylic acids is 1. The summed E-state index contributed by atoms with van der Waals surface area (Å²) in [6.45, 7) is 2.10. The van der Waals surface area contributed by atoms with Gasteiger partial charge >= 0.3 is 12.0 Å². The van der Waals surface area contributed by atoms with E-state index in [-0.39, 0.29) is 47.4 Å². The molecule has 5 rings (SSSR count). The molecule has 1 heterocycles. The van der Waals surface area contributed by atoms with E-state index in [9.17, 15) is 18.8 Å². The van der Waals surface area contributed by atoms with E-state index in [0.717, 1.165) is 11.1 Å². The molecule has 0 spiro atoms. The molecule has 1 saturated heterocycles. The molecule has 10 heteroatoms. The Labute approximate surface area is 259 Å². The number of halogens is 2. The molecule has 1 aliphatic heterocycles. The summed E-state index contributed by atoms with van der Waals surface area (Å²) >= 11 is 6.51. The number of likely N-dealkylation sites (tertiary alicyclic amines) is 1. The zero-order valence-corrected chi connectivity index (χ0v) is 24.7. The normalized spacial score (nSPS) is 15.9. The molecule has 8 nitrogen and oxygen atoms in total. The summed E-state index contributed by atoms with van der Waals surface area (Å²) < 4.78 is 19.6. The van der Waals surface area contributed by atoms with Crippen LogP contribution in [-0.4, -0.2) is 40.6 Å². The lowest BCUT2D eigenvalue weighted by Crippen LogP contribution is -2.41. The zero-order valence-electron chi connectivity index (χ0n) is 23.9. The number of hydrogen-bond donors (Lipinski definition) is 3. The van der Waals surface area contributed by atoms with Crippen molar-refractivity contribution in [3.05, 3.63) is 124 Å². The van der Waals surface area contributed by atoms with Crippen LogP contribution in [0.15, 0.2) is 91.0 Å². The van der Waals surface area contributed by atoms with Crippen molar-refractivity contribution in [1.82, 2.24) is 4.90 Å². The van der Waals surface area contributed by atoms with Crippen LogP contribution in [0, 0.1) is 12.7 Å². The quantitative estimate of drug-likeness (QED) is 0.181. The number of urea groups is 1.